The highest BCUT2D eigenvalue weighted by molar-refractivity contribution is 9.10. The van der Waals surface area contributed by atoms with E-state index in [0.29, 0.717) is 13.0 Å². The first kappa shape index (κ1) is 13.6. The number of rotatable bonds is 1. The van der Waals surface area contributed by atoms with Gasteiger partial charge in [0, 0.05) is 29.7 Å². The molecule has 0 N–H and O–H groups in total. The molecule has 0 spiro atoms. The number of hydrogen-bond donors (Lipinski definition) is 0. The van der Waals surface area contributed by atoms with Gasteiger partial charge in [0.1, 0.15) is 6.04 Å². The molecular formula is C15H17BrN2O2. The van der Waals surface area contributed by atoms with Crippen molar-refractivity contribution in [2.45, 2.75) is 32.2 Å². The van der Waals surface area contributed by atoms with Crippen LogP contribution in [0.2, 0.25) is 0 Å². The highest BCUT2D eigenvalue weighted by atomic mass is 79.9. The molecule has 0 aliphatic carbocycles. The number of anilines is 1. The number of benzene rings is 1. The summed E-state index contributed by atoms with van der Waals surface area (Å²) in [7, 11) is 0. The standard InChI is InChI=1S/C15H17BrN2O2/c1-10-11(16)4-2-5-12(10)18-9-7-14(19)17-8-3-6-13(17)15(18)20/h2,4-5,13H,3,6-9H2,1H3. The topological polar surface area (TPSA) is 40.6 Å². The Balaban J connectivity index is 1.99. The lowest BCUT2D eigenvalue weighted by Crippen LogP contribution is -2.43. The highest BCUT2D eigenvalue weighted by Gasteiger charge is 2.39. The van der Waals surface area contributed by atoms with Crippen molar-refractivity contribution in [2.75, 3.05) is 18.0 Å². The van der Waals surface area contributed by atoms with Gasteiger partial charge >= 0.3 is 0 Å². The third kappa shape index (κ3) is 2.14. The van der Waals surface area contributed by atoms with Crippen LogP contribution in [0.25, 0.3) is 0 Å². The smallest absolute Gasteiger partial charge is 0.249 e. The van der Waals surface area contributed by atoms with E-state index in [2.05, 4.69) is 15.9 Å². The summed E-state index contributed by atoms with van der Waals surface area (Å²) in [4.78, 5) is 28.4. The van der Waals surface area contributed by atoms with E-state index in [0.717, 1.165) is 35.1 Å². The molecule has 1 aromatic carbocycles. The summed E-state index contributed by atoms with van der Waals surface area (Å²) in [6.07, 6.45) is 2.12. The normalized spacial score (nSPS) is 23.0. The molecule has 2 fully saturated rings. The van der Waals surface area contributed by atoms with Crippen molar-refractivity contribution < 1.29 is 9.59 Å². The summed E-state index contributed by atoms with van der Waals surface area (Å²) in [6, 6.07) is 5.59. The SMILES string of the molecule is Cc1c(Br)cccc1N1CCC(=O)N2CCCC2C1=O. The Kier molecular flexibility index (Phi) is 3.54. The number of nitrogens with zero attached hydrogens (tertiary/aromatic N) is 2. The molecule has 1 atom stereocenters. The molecular weight excluding hydrogens is 320 g/mol. The van der Waals surface area contributed by atoms with Gasteiger partial charge in [-0.25, -0.2) is 0 Å². The number of carbonyl (C=O) groups is 2. The molecule has 20 heavy (non-hydrogen) atoms. The lowest BCUT2D eigenvalue weighted by molar-refractivity contribution is -0.135. The van der Waals surface area contributed by atoms with E-state index < -0.39 is 0 Å². The van der Waals surface area contributed by atoms with Crippen LogP contribution in [-0.4, -0.2) is 35.8 Å². The Bertz CT molecular complexity index is 573. The maximum atomic E-state index is 12.8. The molecule has 0 bridgehead atoms. The van der Waals surface area contributed by atoms with Gasteiger partial charge in [-0.15, -0.1) is 0 Å². The van der Waals surface area contributed by atoms with Crippen LogP contribution in [0.15, 0.2) is 22.7 Å². The van der Waals surface area contributed by atoms with E-state index in [9.17, 15) is 9.59 Å². The molecule has 4 nitrogen and oxygen atoms in total. The third-order valence-corrected chi connectivity index (χ3v) is 5.06. The maximum Gasteiger partial charge on any atom is 0.249 e. The Morgan fingerprint density at radius 3 is 2.85 bits per heavy atom. The summed E-state index contributed by atoms with van der Waals surface area (Å²) in [5.41, 5.74) is 1.95. The van der Waals surface area contributed by atoms with E-state index in [4.69, 9.17) is 0 Å². The molecule has 2 aliphatic heterocycles. The van der Waals surface area contributed by atoms with Crippen LogP contribution in [0.4, 0.5) is 5.69 Å². The van der Waals surface area contributed by atoms with Crippen molar-refractivity contribution in [3.8, 4) is 0 Å². The molecule has 2 amide bonds. The molecule has 0 radical (unpaired) electrons. The predicted molar refractivity (Wildman–Crippen MR) is 80.6 cm³/mol. The minimum Gasteiger partial charge on any atom is -0.331 e. The first-order chi connectivity index (χ1) is 9.59. The summed E-state index contributed by atoms with van der Waals surface area (Å²) < 4.78 is 0.988. The lowest BCUT2D eigenvalue weighted by Gasteiger charge is -2.26. The number of carbonyl (C=O) groups excluding carboxylic acids is 2. The predicted octanol–water partition coefficient (Wildman–Crippen LogP) is 2.49. The Labute approximate surface area is 126 Å². The van der Waals surface area contributed by atoms with Crippen LogP contribution in [0, 0.1) is 6.92 Å². The van der Waals surface area contributed by atoms with Gasteiger partial charge in [-0.2, -0.15) is 0 Å². The highest BCUT2D eigenvalue weighted by Crippen LogP contribution is 2.31. The van der Waals surface area contributed by atoms with Gasteiger partial charge in [0.2, 0.25) is 11.8 Å². The van der Waals surface area contributed by atoms with Crippen molar-refractivity contribution in [1.29, 1.82) is 0 Å². The molecule has 3 rings (SSSR count). The number of amides is 2. The monoisotopic (exact) mass is 336 g/mol. The van der Waals surface area contributed by atoms with E-state index in [-0.39, 0.29) is 17.9 Å². The molecule has 106 valence electrons. The molecule has 1 unspecified atom stereocenters. The van der Waals surface area contributed by atoms with Crippen LogP contribution in [0.1, 0.15) is 24.8 Å². The zero-order chi connectivity index (χ0) is 14.3. The van der Waals surface area contributed by atoms with Crippen molar-refractivity contribution in [1.82, 2.24) is 4.90 Å². The van der Waals surface area contributed by atoms with Gasteiger partial charge in [0.25, 0.3) is 0 Å². The molecule has 0 aromatic heterocycles. The zero-order valence-electron chi connectivity index (χ0n) is 11.4. The molecule has 2 aliphatic rings. The molecule has 5 heteroatoms. The zero-order valence-corrected chi connectivity index (χ0v) is 13.0. The summed E-state index contributed by atoms with van der Waals surface area (Å²) in [5.74, 6) is 0.172. The average molecular weight is 337 g/mol. The first-order valence-corrected chi connectivity index (χ1v) is 7.75. The van der Waals surface area contributed by atoms with Gasteiger partial charge in [-0.3, -0.25) is 9.59 Å². The molecule has 1 aromatic rings. The lowest BCUT2D eigenvalue weighted by atomic mass is 10.1. The molecule has 2 saturated heterocycles. The summed E-state index contributed by atoms with van der Waals surface area (Å²) in [6.45, 7) is 3.19. The van der Waals surface area contributed by atoms with Crippen LogP contribution in [0.5, 0.6) is 0 Å². The first-order valence-electron chi connectivity index (χ1n) is 6.95. The van der Waals surface area contributed by atoms with Gasteiger partial charge in [0.05, 0.1) is 0 Å². The maximum absolute atomic E-state index is 12.8. The van der Waals surface area contributed by atoms with E-state index in [1.165, 1.54) is 0 Å². The van der Waals surface area contributed by atoms with Gasteiger partial charge in [0.15, 0.2) is 0 Å². The van der Waals surface area contributed by atoms with Crippen LogP contribution >= 0.6 is 15.9 Å². The number of hydrogen-bond acceptors (Lipinski definition) is 2. The van der Waals surface area contributed by atoms with E-state index >= 15 is 0 Å². The van der Waals surface area contributed by atoms with E-state index in [1.54, 1.807) is 9.80 Å². The van der Waals surface area contributed by atoms with Gasteiger partial charge in [-0.1, -0.05) is 22.0 Å². The van der Waals surface area contributed by atoms with Gasteiger partial charge < -0.3 is 9.80 Å². The summed E-state index contributed by atoms with van der Waals surface area (Å²) >= 11 is 3.51. The second-order valence-electron chi connectivity index (χ2n) is 5.37. The van der Waals surface area contributed by atoms with Crippen LogP contribution in [0.3, 0.4) is 0 Å². The van der Waals surface area contributed by atoms with Crippen LogP contribution < -0.4 is 4.90 Å². The summed E-state index contributed by atoms with van der Waals surface area (Å²) in [5, 5.41) is 0. The van der Waals surface area contributed by atoms with Crippen molar-refractivity contribution in [2.24, 2.45) is 0 Å². The Morgan fingerprint density at radius 2 is 2.05 bits per heavy atom. The van der Waals surface area contributed by atoms with Crippen LogP contribution in [-0.2, 0) is 9.59 Å². The fourth-order valence-electron chi connectivity index (χ4n) is 3.09. The molecule has 2 heterocycles. The second-order valence-corrected chi connectivity index (χ2v) is 6.22. The van der Waals surface area contributed by atoms with Gasteiger partial charge in [-0.05, 0) is 37.5 Å². The van der Waals surface area contributed by atoms with Crippen molar-refractivity contribution in [3.63, 3.8) is 0 Å². The Morgan fingerprint density at radius 1 is 1.25 bits per heavy atom. The largest absolute Gasteiger partial charge is 0.331 e. The fourth-order valence-corrected chi connectivity index (χ4v) is 3.45. The van der Waals surface area contributed by atoms with Crippen molar-refractivity contribution >= 4 is 33.4 Å². The quantitative estimate of drug-likeness (QED) is 0.790. The second kappa shape index (κ2) is 5.20. The van der Waals surface area contributed by atoms with E-state index in [1.807, 2.05) is 25.1 Å². The number of halogens is 1. The third-order valence-electron chi connectivity index (χ3n) is 4.20. The Hall–Kier alpha value is -1.36. The minimum atomic E-state index is -0.261. The average Bonchev–Trinajstić information content (AvgIpc) is 2.88. The number of fused-ring (bicyclic) bond motifs is 1. The fraction of sp³-hybridized carbons (Fsp3) is 0.467. The van der Waals surface area contributed by atoms with Crippen molar-refractivity contribution in [3.05, 3.63) is 28.2 Å². The minimum absolute atomic E-state index is 0.0644. The molecule has 0 saturated carbocycles.